The van der Waals surface area contributed by atoms with Crippen LogP contribution in [0.5, 0.6) is 0 Å². The Labute approximate surface area is 130 Å². The van der Waals surface area contributed by atoms with Crippen LogP contribution in [-0.2, 0) is 28.5 Å². The summed E-state index contributed by atoms with van der Waals surface area (Å²) in [5, 5.41) is 8.84. The highest BCUT2D eigenvalue weighted by molar-refractivity contribution is 5.67. The molecule has 7 heteroatoms. The lowest BCUT2D eigenvalue weighted by molar-refractivity contribution is -0.290. The highest BCUT2D eigenvalue weighted by Crippen LogP contribution is 2.32. The van der Waals surface area contributed by atoms with E-state index in [0.29, 0.717) is 12.8 Å². The van der Waals surface area contributed by atoms with Crippen LogP contribution in [-0.4, -0.2) is 54.9 Å². The third-order valence-electron chi connectivity index (χ3n) is 3.60. The molecule has 5 atom stereocenters. The molecular formula is C15H26O7. The molecule has 1 heterocycles. The molecule has 1 saturated heterocycles. The summed E-state index contributed by atoms with van der Waals surface area (Å²) in [5.41, 5.74) is 0. The predicted octanol–water partition coefficient (Wildman–Crippen LogP) is 1.02. The van der Waals surface area contributed by atoms with E-state index in [4.69, 9.17) is 24.1 Å². The van der Waals surface area contributed by atoms with Gasteiger partial charge in [0, 0.05) is 26.4 Å². The van der Waals surface area contributed by atoms with E-state index < -0.39 is 30.4 Å². The molecule has 0 aromatic carbocycles. The van der Waals surface area contributed by atoms with Crippen LogP contribution >= 0.6 is 0 Å². The Morgan fingerprint density at radius 2 is 1.73 bits per heavy atom. The van der Waals surface area contributed by atoms with Crippen LogP contribution in [0.1, 0.15) is 40.5 Å². The van der Waals surface area contributed by atoms with Crippen LogP contribution in [0.25, 0.3) is 0 Å². The molecule has 0 radical (unpaired) electrons. The number of aliphatic hydroxyl groups excluding tert-OH is 1. The van der Waals surface area contributed by atoms with E-state index in [-0.39, 0.29) is 25.2 Å². The SMILES string of the molecule is CC[C@H]1O[C@H](OCCCO)[C@H](OC(C)=O)[C@@H](OC(C)=O)[C@@H]1C. The average Bonchev–Trinajstić information content (AvgIpc) is 2.44. The topological polar surface area (TPSA) is 91.3 Å². The molecule has 0 aliphatic carbocycles. The number of hydrogen-bond acceptors (Lipinski definition) is 7. The summed E-state index contributed by atoms with van der Waals surface area (Å²) in [6, 6.07) is 0. The highest BCUT2D eigenvalue weighted by atomic mass is 16.7. The fourth-order valence-electron chi connectivity index (χ4n) is 2.59. The molecule has 0 unspecified atom stereocenters. The third-order valence-corrected chi connectivity index (χ3v) is 3.60. The van der Waals surface area contributed by atoms with Crippen molar-refractivity contribution in [3.8, 4) is 0 Å². The summed E-state index contributed by atoms with van der Waals surface area (Å²) in [5.74, 6) is -1.07. The Kier molecular flexibility index (Phi) is 7.78. The van der Waals surface area contributed by atoms with Crippen LogP contribution in [0.2, 0.25) is 0 Å². The van der Waals surface area contributed by atoms with Gasteiger partial charge in [0.15, 0.2) is 12.4 Å². The largest absolute Gasteiger partial charge is 0.458 e. The molecule has 1 aliphatic rings. The molecule has 7 nitrogen and oxygen atoms in total. The van der Waals surface area contributed by atoms with Crippen molar-refractivity contribution in [3.05, 3.63) is 0 Å². The van der Waals surface area contributed by atoms with Crippen molar-refractivity contribution < 1.29 is 33.6 Å². The predicted molar refractivity (Wildman–Crippen MR) is 76.9 cm³/mol. The van der Waals surface area contributed by atoms with Crippen molar-refractivity contribution in [2.45, 2.75) is 65.1 Å². The molecule has 0 spiro atoms. The summed E-state index contributed by atoms with van der Waals surface area (Å²) in [4.78, 5) is 22.7. The van der Waals surface area contributed by atoms with E-state index in [0.717, 1.165) is 0 Å². The van der Waals surface area contributed by atoms with Gasteiger partial charge in [0.1, 0.15) is 6.10 Å². The smallest absolute Gasteiger partial charge is 0.303 e. The molecule has 0 bridgehead atoms. The summed E-state index contributed by atoms with van der Waals surface area (Å²) >= 11 is 0. The lowest BCUT2D eigenvalue weighted by Gasteiger charge is -2.43. The Morgan fingerprint density at radius 3 is 2.23 bits per heavy atom. The minimum absolute atomic E-state index is 0.00800. The molecule has 0 saturated carbocycles. The lowest BCUT2D eigenvalue weighted by Crippen LogP contribution is -2.57. The number of esters is 2. The van der Waals surface area contributed by atoms with Gasteiger partial charge in [0.25, 0.3) is 0 Å². The Balaban J connectivity index is 2.93. The van der Waals surface area contributed by atoms with E-state index in [1.807, 2.05) is 13.8 Å². The number of aliphatic hydroxyl groups is 1. The van der Waals surface area contributed by atoms with E-state index in [9.17, 15) is 9.59 Å². The van der Waals surface area contributed by atoms with Crippen molar-refractivity contribution in [2.75, 3.05) is 13.2 Å². The fraction of sp³-hybridized carbons (Fsp3) is 0.867. The van der Waals surface area contributed by atoms with Gasteiger partial charge in [-0.1, -0.05) is 13.8 Å². The zero-order valence-corrected chi connectivity index (χ0v) is 13.6. The molecule has 1 N–H and O–H groups in total. The van der Waals surface area contributed by atoms with Gasteiger partial charge in [0.05, 0.1) is 12.7 Å². The Bertz CT molecular complexity index is 371. The molecule has 0 aromatic rings. The highest BCUT2D eigenvalue weighted by Gasteiger charge is 2.47. The summed E-state index contributed by atoms with van der Waals surface area (Å²) in [6.07, 6.45) is -1.28. The molecule has 1 fully saturated rings. The van der Waals surface area contributed by atoms with Crippen molar-refractivity contribution in [1.29, 1.82) is 0 Å². The second-order valence-electron chi connectivity index (χ2n) is 5.41. The van der Waals surface area contributed by atoms with E-state index in [2.05, 4.69) is 0 Å². The fourth-order valence-corrected chi connectivity index (χ4v) is 2.59. The third kappa shape index (κ3) is 5.23. The zero-order chi connectivity index (χ0) is 16.7. The molecule has 128 valence electrons. The normalized spacial score (nSPS) is 31.6. The van der Waals surface area contributed by atoms with Crippen LogP contribution in [0.3, 0.4) is 0 Å². The summed E-state index contributed by atoms with van der Waals surface area (Å²) in [6.45, 7) is 6.70. The average molecular weight is 318 g/mol. The van der Waals surface area contributed by atoms with E-state index in [1.54, 1.807) is 0 Å². The molecule has 22 heavy (non-hydrogen) atoms. The van der Waals surface area contributed by atoms with Crippen LogP contribution in [0.4, 0.5) is 0 Å². The Morgan fingerprint density at radius 1 is 1.14 bits per heavy atom. The van der Waals surface area contributed by atoms with Gasteiger partial charge in [-0.3, -0.25) is 9.59 Å². The van der Waals surface area contributed by atoms with Gasteiger partial charge in [-0.15, -0.1) is 0 Å². The first-order chi connectivity index (χ1) is 10.4. The maximum Gasteiger partial charge on any atom is 0.303 e. The quantitative estimate of drug-likeness (QED) is 0.553. The monoisotopic (exact) mass is 318 g/mol. The first kappa shape index (κ1) is 18.9. The van der Waals surface area contributed by atoms with Crippen LogP contribution < -0.4 is 0 Å². The number of hydrogen-bond donors (Lipinski definition) is 1. The molecule has 1 aliphatic heterocycles. The lowest BCUT2D eigenvalue weighted by atomic mass is 9.89. The van der Waals surface area contributed by atoms with E-state index >= 15 is 0 Å². The van der Waals surface area contributed by atoms with Gasteiger partial charge in [-0.05, 0) is 12.8 Å². The maximum atomic E-state index is 11.4. The minimum atomic E-state index is -0.821. The van der Waals surface area contributed by atoms with Crippen molar-refractivity contribution in [1.82, 2.24) is 0 Å². The summed E-state index contributed by atoms with van der Waals surface area (Å²) in [7, 11) is 0. The van der Waals surface area contributed by atoms with Gasteiger partial charge in [-0.25, -0.2) is 0 Å². The second-order valence-corrected chi connectivity index (χ2v) is 5.41. The number of carbonyl (C=O) groups is 2. The Hall–Kier alpha value is -1.18. The number of carbonyl (C=O) groups excluding carboxylic acids is 2. The second kappa shape index (κ2) is 9.07. The van der Waals surface area contributed by atoms with Gasteiger partial charge < -0.3 is 24.1 Å². The molecule has 0 aromatic heterocycles. The van der Waals surface area contributed by atoms with Gasteiger partial charge >= 0.3 is 11.9 Å². The first-order valence-electron chi connectivity index (χ1n) is 7.63. The molecule has 0 amide bonds. The van der Waals surface area contributed by atoms with Crippen molar-refractivity contribution in [3.63, 3.8) is 0 Å². The van der Waals surface area contributed by atoms with Crippen molar-refractivity contribution in [2.24, 2.45) is 5.92 Å². The van der Waals surface area contributed by atoms with Gasteiger partial charge in [-0.2, -0.15) is 0 Å². The van der Waals surface area contributed by atoms with E-state index in [1.165, 1.54) is 13.8 Å². The number of rotatable bonds is 7. The standard InChI is InChI=1S/C15H26O7/c1-5-12-9(2)13(20-10(3)17)14(21-11(4)18)15(22-12)19-8-6-7-16/h9,12-16H,5-8H2,1-4H3/t9-,12-,13+,14-,15+/m1/s1. The van der Waals surface area contributed by atoms with Gasteiger partial charge in [0.2, 0.25) is 0 Å². The van der Waals surface area contributed by atoms with Crippen LogP contribution in [0.15, 0.2) is 0 Å². The molecule has 1 rings (SSSR count). The van der Waals surface area contributed by atoms with Crippen molar-refractivity contribution >= 4 is 11.9 Å². The summed E-state index contributed by atoms with van der Waals surface area (Å²) < 4.78 is 22.1. The maximum absolute atomic E-state index is 11.4. The minimum Gasteiger partial charge on any atom is -0.458 e. The zero-order valence-electron chi connectivity index (χ0n) is 13.6. The number of ether oxygens (including phenoxy) is 4. The molecular weight excluding hydrogens is 292 g/mol. The first-order valence-corrected chi connectivity index (χ1v) is 7.63. The van der Waals surface area contributed by atoms with Crippen LogP contribution in [0, 0.1) is 5.92 Å².